The first-order valence-corrected chi connectivity index (χ1v) is 9.02. The smallest absolute Gasteiger partial charge is 0.142 e. The van der Waals surface area contributed by atoms with Crippen LogP contribution in [0.1, 0.15) is 37.7 Å². The molecule has 0 aliphatic carbocycles. The van der Waals surface area contributed by atoms with Gasteiger partial charge in [-0.25, -0.2) is 0 Å². The van der Waals surface area contributed by atoms with Crippen molar-refractivity contribution in [1.29, 1.82) is 0 Å². The summed E-state index contributed by atoms with van der Waals surface area (Å²) in [6.07, 6.45) is 7.50. The van der Waals surface area contributed by atoms with E-state index in [0.717, 1.165) is 44.1 Å². The number of anilines is 1. The lowest BCUT2D eigenvalue weighted by Gasteiger charge is -2.31. The second kappa shape index (κ2) is 7.91. The molecule has 2 fully saturated rings. The second-order valence-electron chi connectivity index (χ2n) is 6.80. The molecule has 128 valence electrons. The molecule has 2 saturated heterocycles. The minimum atomic E-state index is 0.697. The lowest BCUT2D eigenvalue weighted by molar-refractivity contribution is 0.361. The van der Waals surface area contributed by atoms with Crippen LogP contribution in [0.5, 0.6) is 11.5 Å². The molecule has 0 amide bonds. The van der Waals surface area contributed by atoms with Crippen molar-refractivity contribution in [3.05, 3.63) is 17.7 Å². The number of rotatable bonds is 5. The van der Waals surface area contributed by atoms with Gasteiger partial charge >= 0.3 is 0 Å². The normalized spacial score (nSPS) is 22.0. The van der Waals surface area contributed by atoms with Crippen molar-refractivity contribution in [2.45, 2.75) is 38.5 Å². The molecule has 0 radical (unpaired) electrons. The highest BCUT2D eigenvalue weighted by Crippen LogP contribution is 2.38. The van der Waals surface area contributed by atoms with Gasteiger partial charge in [0, 0.05) is 19.2 Å². The Labute approximate surface area is 140 Å². The molecular formula is C19H30N2O2. The van der Waals surface area contributed by atoms with Gasteiger partial charge in [-0.1, -0.05) is 0 Å². The zero-order chi connectivity index (χ0) is 16.1. The third-order valence-corrected chi connectivity index (χ3v) is 5.19. The summed E-state index contributed by atoms with van der Waals surface area (Å²) in [7, 11) is 3.56. The van der Waals surface area contributed by atoms with Crippen LogP contribution in [0.25, 0.3) is 0 Å². The Bertz CT molecular complexity index is 506. The Hall–Kier alpha value is -1.42. The van der Waals surface area contributed by atoms with E-state index in [-0.39, 0.29) is 0 Å². The first-order valence-electron chi connectivity index (χ1n) is 9.02. The molecule has 0 spiro atoms. The van der Waals surface area contributed by atoms with E-state index in [9.17, 15) is 0 Å². The predicted molar refractivity (Wildman–Crippen MR) is 94.9 cm³/mol. The van der Waals surface area contributed by atoms with Crippen LogP contribution in [0, 0.1) is 5.92 Å². The Morgan fingerprint density at radius 1 is 1.04 bits per heavy atom. The maximum Gasteiger partial charge on any atom is 0.142 e. The lowest BCUT2D eigenvalue weighted by atomic mass is 9.91. The lowest BCUT2D eigenvalue weighted by Crippen LogP contribution is -2.31. The van der Waals surface area contributed by atoms with E-state index >= 15 is 0 Å². The SMILES string of the molecule is COc1cc(N2CCCCC2)c(OC)cc1CC1CCCNC1. The Morgan fingerprint density at radius 2 is 1.83 bits per heavy atom. The van der Waals surface area contributed by atoms with Gasteiger partial charge in [-0.2, -0.15) is 0 Å². The molecule has 3 rings (SSSR count). The van der Waals surface area contributed by atoms with Crippen LogP contribution in [0.4, 0.5) is 5.69 Å². The van der Waals surface area contributed by atoms with Crippen LogP contribution in [0.15, 0.2) is 12.1 Å². The molecule has 0 saturated carbocycles. The molecule has 1 N–H and O–H groups in total. The quantitative estimate of drug-likeness (QED) is 0.904. The van der Waals surface area contributed by atoms with Crippen molar-refractivity contribution in [1.82, 2.24) is 5.32 Å². The molecule has 1 aromatic rings. The minimum Gasteiger partial charge on any atom is -0.496 e. The van der Waals surface area contributed by atoms with Gasteiger partial charge in [0.05, 0.1) is 19.9 Å². The Morgan fingerprint density at radius 3 is 2.48 bits per heavy atom. The van der Waals surface area contributed by atoms with Gasteiger partial charge in [-0.15, -0.1) is 0 Å². The first kappa shape index (κ1) is 16.4. The Kier molecular flexibility index (Phi) is 5.65. The fourth-order valence-electron chi connectivity index (χ4n) is 3.90. The van der Waals surface area contributed by atoms with Gasteiger partial charge in [0.15, 0.2) is 0 Å². The molecule has 23 heavy (non-hydrogen) atoms. The number of nitrogens with zero attached hydrogens (tertiary/aromatic N) is 1. The zero-order valence-corrected chi connectivity index (χ0v) is 14.6. The van der Waals surface area contributed by atoms with E-state index in [2.05, 4.69) is 22.3 Å². The number of benzene rings is 1. The molecular weight excluding hydrogens is 288 g/mol. The highest BCUT2D eigenvalue weighted by molar-refractivity contribution is 5.64. The van der Waals surface area contributed by atoms with Crippen LogP contribution in [-0.4, -0.2) is 40.4 Å². The minimum absolute atomic E-state index is 0.697. The van der Waals surface area contributed by atoms with E-state index in [4.69, 9.17) is 9.47 Å². The fraction of sp³-hybridized carbons (Fsp3) is 0.684. The highest BCUT2D eigenvalue weighted by atomic mass is 16.5. The number of nitrogens with one attached hydrogen (secondary N) is 1. The molecule has 2 heterocycles. The van der Waals surface area contributed by atoms with Crippen LogP contribution in [0.3, 0.4) is 0 Å². The summed E-state index contributed by atoms with van der Waals surface area (Å²) in [4.78, 5) is 2.44. The van der Waals surface area contributed by atoms with E-state index in [1.165, 1.54) is 43.4 Å². The summed E-state index contributed by atoms with van der Waals surface area (Å²) in [5, 5.41) is 3.50. The van der Waals surface area contributed by atoms with Crippen molar-refractivity contribution in [3.63, 3.8) is 0 Å². The van der Waals surface area contributed by atoms with E-state index in [0.29, 0.717) is 5.92 Å². The largest absolute Gasteiger partial charge is 0.496 e. The van der Waals surface area contributed by atoms with Gasteiger partial charge in [0.2, 0.25) is 0 Å². The predicted octanol–water partition coefficient (Wildman–Crippen LogP) is 3.24. The molecule has 4 nitrogen and oxygen atoms in total. The average molecular weight is 318 g/mol. The summed E-state index contributed by atoms with van der Waals surface area (Å²) < 4.78 is 11.4. The van der Waals surface area contributed by atoms with E-state index < -0.39 is 0 Å². The van der Waals surface area contributed by atoms with Crippen LogP contribution in [0.2, 0.25) is 0 Å². The topological polar surface area (TPSA) is 33.7 Å². The molecule has 1 aromatic carbocycles. The summed E-state index contributed by atoms with van der Waals surface area (Å²) in [5.41, 5.74) is 2.47. The highest BCUT2D eigenvalue weighted by Gasteiger charge is 2.21. The van der Waals surface area contributed by atoms with Crippen molar-refractivity contribution >= 4 is 5.69 Å². The number of hydrogen-bond acceptors (Lipinski definition) is 4. The monoisotopic (exact) mass is 318 g/mol. The van der Waals surface area contributed by atoms with E-state index in [1.54, 1.807) is 14.2 Å². The average Bonchev–Trinajstić information content (AvgIpc) is 2.63. The first-order chi connectivity index (χ1) is 11.3. The molecule has 0 aromatic heterocycles. The van der Waals surface area contributed by atoms with Gasteiger partial charge < -0.3 is 19.7 Å². The zero-order valence-electron chi connectivity index (χ0n) is 14.6. The third-order valence-electron chi connectivity index (χ3n) is 5.19. The number of hydrogen-bond donors (Lipinski definition) is 1. The molecule has 1 atom stereocenters. The summed E-state index contributed by atoms with van der Waals surface area (Å²) in [5.74, 6) is 2.70. The molecule has 1 unspecified atom stereocenters. The molecule has 0 bridgehead atoms. The van der Waals surface area contributed by atoms with Gasteiger partial charge in [-0.05, 0) is 69.2 Å². The summed E-state index contributed by atoms with van der Waals surface area (Å²) in [6.45, 7) is 4.50. The van der Waals surface area contributed by atoms with Crippen molar-refractivity contribution in [2.75, 3.05) is 45.3 Å². The van der Waals surface area contributed by atoms with Crippen LogP contribution >= 0.6 is 0 Å². The van der Waals surface area contributed by atoms with Gasteiger partial charge in [-0.3, -0.25) is 0 Å². The number of methoxy groups -OCH3 is 2. The summed E-state index contributed by atoms with van der Waals surface area (Å²) >= 11 is 0. The van der Waals surface area contributed by atoms with Crippen molar-refractivity contribution in [3.8, 4) is 11.5 Å². The van der Waals surface area contributed by atoms with Gasteiger partial charge in [0.1, 0.15) is 11.5 Å². The summed E-state index contributed by atoms with van der Waals surface area (Å²) in [6, 6.07) is 4.40. The van der Waals surface area contributed by atoms with Crippen molar-refractivity contribution < 1.29 is 9.47 Å². The third kappa shape index (κ3) is 3.92. The standard InChI is InChI=1S/C19H30N2O2/c1-22-18-13-17(21-9-4-3-5-10-21)19(23-2)12-16(18)11-15-7-6-8-20-14-15/h12-13,15,20H,3-11,14H2,1-2H3. The maximum absolute atomic E-state index is 5.72. The van der Waals surface area contributed by atoms with Gasteiger partial charge in [0.25, 0.3) is 0 Å². The maximum atomic E-state index is 5.72. The number of ether oxygens (including phenoxy) is 2. The second-order valence-corrected chi connectivity index (χ2v) is 6.80. The van der Waals surface area contributed by atoms with Crippen molar-refractivity contribution in [2.24, 2.45) is 5.92 Å². The van der Waals surface area contributed by atoms with E-state index in [1.807, 2.05) is 0 Å². The molecule has 2 aliphatic rings. The fourth-order valence-corrected chi connectivity index (χ4v) is 3.90. The number of piperidine rings is 2. The van der Waals surface area contributed by atoms with Crippen LogP contribution < -0.4 is 19.7 Å². The molecule has 4 heteroatoms. The van der Waals surface area contributed by atoms with Crippen LogP contribution in [-0.2, 0) is 6.42 Å². The Balaban J connectivity index is 1.84. The molecule has 2 aliphatic heterocycles.